The molecule has 104 valence electrons. The van der Waals surface area contributed by atoms with Crippen LogP contribution >= 0.6 is 0 Å². The van der Waals surface area contributed by atoms with Crippen molar-refractivity contribution in [3.8, 4) is 0 Å². The van der Waals surface area contributed by atoms with Gasteiger partial charge in [0.15, 0.2) is 5.65 Å². The van der Waals surface area contributed by atoms with Gasteiger partial charge in [0.2, 0.25) is 0 Å². The molecule has 0 aromatic carbocycles. The number of fused-ring (bicyclic) bond motifs is 1. The minimum Gasteiger partial charge on any atom is -0.389 e. The molecule has 0 bridgehead atoms. The highest BCUT2D eigenvalue weighted by Crippen LogP contribution is 2.21. The Labute approximate surface area is 113 Å². The lowest BCUT2D eigenvalue weighted by Gasteiger charge is -2.38. The monoisotopic (exact) mass is 262 g/mol. The van der Waals surface area contributed by atoms with Gasteiger partial charge >= 0.3 is 0 Å². The molecule has 5 nitrogen and oxygen atoms in total. The van der Waals surface area contributed by atoms with Gasteiger partial charge in [-0.25, -0.2) is 9.50 Å². The number of aryl methyl sites for hydroxylation is 1. The summed E-state index contributed by atoms with van der Waals surface area (Å²) in [6, 6.07) is 1.94. The van der Waals surface area contributed by atoms with E-state index >= 15 is 0 Å². The number of hydrogen-bond donors (Lipinski definition) is 2. The molecule has 2 rings (SSSR count). The number of aliphatic hydroxyl groups is 1. The molecule has 0 aliphatic heterocycles. The van der Waals surface area contributed by atoms with Crippen LogP contribution in [0.25, 0.3) is 5.65 Å². The van der Waals surface area contributed by atoms with Crippen molar-refractivity contribution in [2.24, 2.45) is 0 Å². The second-order valence-corrected chi connectivity index (χ2v) is 6.09. The van der Waals surface area contributed by atoms with Gasteiger partial charge in [0, 0.05) is 36.1 Å². The topological polar surface area (TPSA) is 62.5 Å². The summed E-state index contributed by atoms with van der Waals surface area (Å²) in [5.41, 5.74) is 1.65. The lowest BCUT2D eigenvalue weighted by molar-refractivity contribution is -0.00534. The van der Waals surface area contributed by atoms with Gasteiger partial charge in [-0.05, 0) is 34.6 Å². The van der Waals surface area contributed by atoms with Gasteiger partial charge in [-0.15, -0.1) is 0 Å². The van der Waals surface area contributed by atoms with Crippen LogP contribution in [0.5, 0.6) is 0 Å². The molecule has 2 aromatic rings. The first-order chi connectivity index (χ1) is 8.69. The molecule has 0 amide bonds. The van der Waals surface area contributed by atoms with Gasteiger partial charge in [-0.3, -0.25) is 0 Å². The highest BCUT2D eigenvalue weighted by Gasteiger charge is 2.34. The molecule has 0 radical (unpaired) electrons. The molecular weight excluding hydrogens is 240 g/mol. The summed E-state index contributed by atoms with van der Waals surface area (Å²) in [5, 5.41) is 17.8. The highest BCUT2D eigenvalue weighted by molar-refractivity contribution is 5.38. The maximum absolute atomic E-state index is 10.1. The molecule has 2 N–H and O–H groups in total. The van der Waals surface area contributed by atoms with E-state index in [-0.39, 0.29) is 5.54 Å². The zero-order valence-electron chi connectivity index (χ0n) is 12.2. The number of rotatable bonds is 4. The van der Waals surface area contributed by atoms with Gasteiger partial charge in [0.05, 0.1) is 11.3 Å². The molecule has 5 heteroatoms. The normalized spacial score (nSPS) is 13.2. The number of aromatic nitrogens is 3. The Balaban J connectivity index is 2.14. The van der Waals surface area contributed by atoms with Gasteiger partial charge in [-0.2, -0.15) is 5.10 Å². The van der Waals surface area contributed by atoms with Crippen LogP contribution in [0.4, 0.5) is 0 Å². The largest absolute Gasteiger partial charge is 0.389 e. The van der Waals surface area contributed by atoms with E-state index in [2.05, 4.69) is 15.4 Å². The van der Waals surface area contributed by atoms with Gasteiger partial charge in [0.1, 0.15) is 0 Å². The molecule has 0 aliphatic carbocycles. The van der Waals surface area contributed by atoms with Gasteiger partial charge < -0.3 is 10.4 Å². The Morgan fingerprint density at radius 3 is 2.63 bits per heavy atom. The van der Waals surface area contributed by atoms with Crippen molar-refractivity contribution in [1.82, 2.24) is 19.9 Å². The molecule has 19 heavy (non-hydrogen) atoms. The zero-order valence-corrected chi connectivity index (χ0v) is 12.2. The molecule has 2 aromatic heterocycles. The van der Waals surface area contributed by atoms with Crippen molar-refractivity contribution in [2.45, 2.75) is 52.3 Å². The maximum atomic E-state index is 10.1. The molecule has 2 heterocycles. The van der Waals surface area contributed by atoms with E-state index in [1.54, 1.807) is 18.4 Å². The summed E-state index contributed by atoms with van der Waals surface area (Å²) in [5.74, 6) is 0. The molecule has 0 spiro atoms. The van der Waals surface area contributed by atoms with Crippen LogP contribution in [0.3, 0.4) is 0 Å². The van der Waals surface area contributed by atoms with Crippen molar-refractivity contribution < 1.29 is 5.11 Å². The second kappa shape index (κ2) is 4.58. The minimum absolute atomic E-state index is 0.387. The lowest BCUT2D eigenvalue weighted by Crippen LogP contribution is -2.55. The molecule has 0 unspecified atom stereocenters. The van der Waals surface area contributed by atoms with E-state index in [1.807, 2.05) is 39.2 Å². The van der Waals surface area contributed by atoms with Crippen LogP contribution in [0.15, 0.2) is 18.5 Å². The second-order valence-electron chi connectivity index (χ2n) is 6.09. The highest BCUT2D eigenvalue weighted by atomic mass is 16.3. The fourth-order valence-electron chi connectivity index (χ4n) is 1.66. The summed E-state index contributed by atoms with van der Waals surface area (Å²) < 4.78 is 1.78. The third kappa shape index (κ3) is 2.93. The smallest absolute Gasteiger partial charge is 0.155 e. The maximum Gasteiger partial charge on any atom is 0.155 e. The van der Waals surface area contributed by atoms with Crippen LogP contribution < -0.4 is 5.32 Å². The lowest BCUT2D eigenvalue weighted by atomic mass is 9.86. The SMILES string of the molecule is Cc1cc2ncc(CNC(C)(C)C(C)(C)O)cn2n1. The minimum atomic E-state index is -0.799. The van der Waals surface area contributed by atoms with E-state index in [0.717, 1.165) is 16.9 Å². The number of nitrogens with one attached hydrogen (secondary N) is 1. The van der Waals surface area contributed by atoms with E-state index in [4.69, 9.17) is 0 Å². The van der Waals surface area contributed by atoms with Crippen molar-refractivity contribution in [3.63, 3.8) is 0 Å². The van der Waals surface area contributed by atoms with E-state index in [0.29, 0.717) is 6.54 Å². The van der Waals surface area contributed by atoms with Crippen LogP contribution in [-0.2, 0) is 6.54 Å². The van der Waals surface area contributed by atoms with Crippen LogP contribution in [0, 0.1) is 6.92 Å². The molecule has 0 saturated carbocycles. The average molecular weight is 262 g/mol. The first-order valence-corrected chi connectivity index (χ1v) is 6.47. The first kappa shape index (κ1) is 14.0. The Hall–Kier alpha value is -1.46. The zero-order chi connectivity index (χ0) is 14.3. The Bertz CT molecular complexity index is 581. The Morgan fingerprint density at radius 1 is 1.32 bits per heavy atom. The Morgan fingerprint density at radius 2 is 2.00 bits per heavy atom. The van der Waals surface area contributed by atoms with Crippen molar-refractivity contribution in [2.75, 3.05) is 0 Å². The Kier molecular flexibility index (Phi) is 3.36. The molecule has 0 atom stereocenters. The van der Waals surface area contributed by atoms with Crippen molar-refractivity contribution in [3.05, 3.63) is 29.7 Å². The molecule has 0 fully saturated rings. The average Bonchev–Trinajstić information content (AvgIpc) is 2.64. The fourth-order valence-corrected chi connectivity index (χ4v) is 1.66. The van der Waals surface area contributed by atoms with Crippen molar-refractivity contribution >= 4 is 5.65 Å². The van der Waals surface area contributed by atoms with Crippen LogP contribution in [0.1, 0.15) is 39.0 Å². The van der Waals surface area contributed by atoms with Crippen molar-refractivity contribution in [1.29, 1.82) is 0 Å². The summed E-state index contributed by atoms with van der Waals surface area (Å²) in [6.07, 6.45) is 3.80. The van der Waals surface area contributed by atoms with E-state index < -0.39 is 5.60 Å². The summed E-state index contributed by atoms with van der Waals surface area (Å²) in [4.78, 5) is 4.36. The predicted octanol–water partition coefficient (Wildman–Crippen LogP) is 1.68. The summed E-state index contributed by atoms with van der Waals surface area (Å²) in [6.45, 7) is 10.2. The number of nitrogens with zero attached hydrogens (tertiary/aromatic N) is 3. The third-order valence-electron chi connectivity index (χ3n) is 3.75. The quantitative estimate of drug-likeness (QED) is 0.880. The molecular formula is C14H22N4O. The van der Waals surface area contributed by atoms with Crippen LogP contribution in [0.2, 0.25) is 0 Å². The van der Waals surface area contributed by atoms with E-state index in [1.165, 1.54) is 0 Å². The standard InChI is InChI=1S/C14H22N4O/c1-10-6-12-15-7-11(9-18(12)17-10)8-16-13(2,3)14(4,5)19/h6-7,9,16,19H,8H2,1-5H3. The molecule has 0 aliphatic rings. The fraction of sp³-hybridized carbons (Fsp3) is 0.571. The predicted molar refractivity (Wildman–Crippen MR) is 74.9 cm³/mol. The van der Waals surface area contributed by atoms with Gasteiger partial charge in [-0.1, -0.05) is 0 Å². The molecule has 0 saturated heterocycles. The van der Waals surface area contributed by atoms with Gasteiger partial charge in [0.25, 0.3) is 0 Å². The van der Waals surface area contributed by atoms with Crippen LogP contribution in [-0.4, -0.2) is 30.8 Å². The summed E-state index contributed by atoms with van der Waals surface area (Å²) in [7, 11) is 0. The third-order valence-corrected chi connectivity index (χ3v) is 3.75. The number of hydrogen-bond acceptors (Lipinski definition) is 4. The first-order valence-electron chi connectivity index (χ1n) is 6.47. The van der Waals surface area contributed by atoms with E-state index in [9.17, 15) is 5.11 Å². The summed E-state index contributed by atoms with van der Waals surface area (Å²) >= 11 is 0.